The van der Waals surface area contributed by atoms with Gasteiger partial charge >= 0.3 is 0 Å². The second-order valence-electron chi connectivity index (χ2n) is 4.73. The van der Waals surface area contributed by atoms with E-state index < -0.39 is 0 Å². The molecule has 0 radical (unpaired) electrons. The van der Waals surface area contributed by atoms with Gasteiger partial charge in [0.15, 0.2) is 0 Å². The molecule has 0 aliphatic heterocycles. The van der Waals surface area contributed by atoms with Gasteiger partial charge in [-0.1, -0.05) is 0 Å². The summed E-state index contributed by atoms with van der Waals surface area (Å²) in [7, 11) is 0. The number of hydrogen-bond donors (Lipinski definition) is 1. The number of hydrazone groups is 1. The van der Waals surface area contributed by atoms with Crippen molar-refractivity contribution in [2.75, 3.05) is 5.43 Å². The van der Waals surface area contributed by atoms with E-state index in [4.69, 9.17) is 4.74 Å². The van der Waals surface area contributed by atoms with Gasteiger partial charge in [-0.25, -0.2) is 4.39 Å². The van der Waals surface area contributed by atoms with Crippen molar-refractivity contribution < 1.29 is 9.13 Å². The average Bonchev–Trinajstić information content (AvgIpc) is 2.43. The molecular formula is C16H16BrFN2O. The standard InChI is InChI=1S/C16H16BrFN2O/c1-11(2)21-16-8-3-12(9-15(16)17)10-19-20-14-6-4-13(18)5-7-14/h3-11,20H,1-2H3/b19-10+. The molecule has 0 aromatic heterocycles. The van der Waals surface area contributed by atoms with Crippen molar-refractivity contribution in [2.45, 2.75) is 20.0 Å². The molecule has 0 heterocycles. The van der Waals surface area contributed by atoms with Gasteiger partial charge in [-0.3, -0.25) is 5.43 Å². The summed E-state index contributed by atoms with van der Waals surface area (Å²) in [4.78, 5) is 0. The van der Waals surface area contributed by atoms with Gasteiger partial charge in [-0.15, -0.1) is 0 Å². The molecule has 0 spiro atoms. The van der Waals surface area contributed by atoms with E-state index in [0.717, 1.165) is 21.5 Å². The predicted octanol–water partition coefficient (Wildman–Crippen LogP) is 4.82. The van der Waals surface area contributed by atoms with Crippen LogP contribution in [-0.4, -0.2) is 12.3 Å². The zero-order chi connectivity index (χ0) is 15.2. The number of ether oxygens (including phenoxy) is 1. The summed E-state index contributed by atoms with van der Waals surface area (Å²) >= 11 is 3.47. The molecular weight excluding hydrogens is 335 g/mol. The van der Waals surface area contributed by atoms with Crippen LogP contribution in [0.4, 0.5) is 10.1 Å². The Morgan fingerprint density at radius 3 is 2.52 bits per heavy atom. The van der Waals surface area contributed by atoms with Crippen LogP contribution in [0.1, 0.15) is 19.4 Å². The fourth-order valence-electron chi connectivity index (χ4n) is 1.65. The summed E-state index contributed by atoms with van der Waals surface area (Å²) in [6.07, 6.45) is 1.81. The molecule has 0 saturated heterocycles. The third-order valence-corrected chi connectivity index (χ3v) is 3.19. The molecule has 0 atom stereocenters. The maximum absolute atomic E-state index is 12.8. The number of anilines is 1. The van der Waals surface area contributed by atoms with Crippen LogP contribution >= 0.6 is 15.9 Å². The van der Waals surface area contributed by atoms with Crippen LogP contribution in [0.25, 0.3) is 0 Å². The van der Waals surface area contributed by atoms with Crippen LogP contribution in [0, 0.1) is 5.82 Å². The van der Waals surface area contributed by atoms with Gasteiger partial charge in [-0.2, -0.15) is 5.10 Å². The van der Waals surface area contributed by atoms with Gasteiger partial charge in [0.2, 0.25) is 0 Å². The van der Waals surface area contributed by atoms with E-state index in [1.54, 1.807) is 18.3 Å². The van der Waals surface area contributed by atoms with Gasteiger partial charge in [0, 0.05) is 0 Å². The van der Waals surface area contributed by atoms with Gasteiger partial charge in [0.05, 0.1) is 22.5 Å². The summed E-state index contributed by atoms with van der Waals surface area (Å²) in [5.74, 6) is 0.530. The first kappa shape index (κ1) is 15.5. The van der Waals surface area contributed by atoms with E-state index in [0.29, 0.717) is 0 Å². The molecule has 2 rings (SSSR count). The van der Waals surface area contributed by atoms with E-state index in [1.807, 2.05) is 32.0 Å². The van der Waals surface area contributed by atoms with Crippen molar-refractivity contribution in [1.82, 2.24) is 0 Å². The number of nitrogens with zero attached hydrogens (tertiary/aromatic N) is 1. The highest BCUT2D eigenvalue weighted by molar-refractivity contribution is 9.10. The lowest BCUT2D eigenvalue weighted by Crippen LogP contribution is -2.06. The Hall–Kier alpha value is -1.88. The number of rotatable bonds is 5. The van der Waals surface area contributed by atoms with Gasteiger partial charge < -0.3 is 4.74 Å². The molecule has 0 bridgehead atoms. The van der Waals surface area contributed by atoms with Crippen LogP contribution in [0.3, 0.4) is 0 Å². The van der Waals surface area contributed by atoms with E-state index in [1.165, 1.54) is 12.1 Å². The Balaban J connectivity index is 2.00. The van der Waals surface area contributed by atoms with Crippen LogP contribution in [-0.2, 0) is 0 Å². The monoisotopic (exact) mass is 350 g/mol. The van der Waals surface area contributed by atoms with Crippen molar-refractivity contribution in [2.24, 2.45) is 5.10 Å². The smallest absolute Gasteiger partial charge is 0.133 e. The maximum Gasteiger partial charge on any atom is 0.133 e. The minimum absolute atomic E-state index is 0.126. The van der Waals surface area contributed by atoms with E-state index in [2.05, 4.69) is 26.5 Å². The highest BCUT2D eigenvalue weighted by atomic mass is 79.9. The fraction of sp³-hybridized carbons (Fsp3) is 0.188. The van der Waals surface area contributed by atoms with Crippen molar-refractivity contribution in [3.05, 3.63) is 58.3 Å². The highest BCUT2D eigenvalue weighted by Crippen LogP contribution is 2.26. The van der Waals surface area contributed by atoms with Crippen molar-refractivity contribution in [3.8, 4) is 5.75 Å². The SMILES string of the molecule is CC(C)Oc1ccc(/C=N/Nc2ccc(F)cc2)cc1Br. The third kappa shape index (κ3) is 4.86. The number of nitrogens with one attached hydrogen (secondary N) is 1. The Labute approximate surface area is 132 Å². The van der Waals surface area contributed by atoms with Crippen LogP contribution in [0.15, 0.2) is 52.0 Å². The van der Waals surface area contributed by atoms with E-state index in [9.17, 15) is 4.39 Å². The Kier molecular flexibility index (Phi) is 5.33. The largest absolute Gasteiger partial charge is 0.490 e. The second kappa shape index (κ2) is 7.22. The van der Waals surface area contributed by atoms with Crippen LogP contribution in [0.2, 0.25) is 0 Å². The molecule has 2 aromatic carbocycles. The lowest BCUT2D eigenvalue weighted by atomic mass is 10.2. The first-order chi connectivity index (χ1) is 10.0. The average molecular weight is 351 g/mol. The number of hydrogen-bond acceptors (Lipinski definition) is 3. The molecule has 1 N–H and O–H groups in total. The normalized spacial score (nSPS) is 11.1. The Bertz CT molecular complexity index is 627. The molecule has 0 aliphatic rings. The molecule has 0 fully saturated rings. The molecule has 0 saturated carbocycles. The lowest BCUT2D eigenvalue weighted by molar-refractivity contribution is 0.241. The van der Waals surface area contributed by atoms with Crippen molar-refractivity contribution in [3.63, 3.8) is 0 Å². The Morgan fingerprint density at radius 2 is 1.90 bits per heavy atom. The molecule has 2 aromatic rings. The molecule has 5 heteroatoms. The minimum atomic E-state index is -0.269. The summed E-state index contributed by atoms with van der Waals surface area (Å²) in [6, 6.07) is 11.7. The molecule has 3 nitrogen and oxygen atoms in total. The van der Waals surface area contributed by atoms with E-state index in [-0.39, 0.29) is 11.9 Å². The van der Waals surface area contributed by atoms with Gasteiger partial charge in [0.1, 0.15) is 11.6 Å². The summed E-state index contributed by atoms with van der Waals surface area (Å²) in [5.41, 5.74) is 4.49. The van der Waals surface area contributed by atoms with Gasteiger partial charge in [-0.05, 0) is 77.8 Å². The molecule has 0 amide bonds. The topological polar surface area (TPSA) is 33.6 Å². The zero-order valence-electron chi connectivity index (χ0n) is 11.8. The van der Waals surface area contributed by atoms with Crippen molar-refractivity contribution in [1.29, 1.82) is 0 Å². The molecule has 0 unspecified atom stereocenters. The summed E-state index contributed by atoms with van der Waals surface area (Å²) in [6.45, 7) is 3.96. The number of halogens is 2. The number of benzene rings is 2. The first-order valence-corrected chi connectivity index (χ1v) is 7.35. The quantitative estimate of drug-likeness (QED) is 0.619. The van der Waals surface area contributed by atoms with E-state index >= 15 is 0 Å². The first-order valence-electron chi connectivity index (χ1n) is 6.55. The molecule has 21 heavy (non-hydrogen) atoms. The summed E-state index contributed by atoms with van der Waals surface area (Å²) < 4.78 is 19.3. The summed E-state index contributed by atoms with van der Waals surface area (Å²) in [5, 5.41) is 4.11. The minimum Gasteiger partial charge on any atom is -0.490 e. The maximum atomic E-state index is 12.8. The Morgan fingerprint density at radius 1 is 1.19 bits per heavy atom. The molecule has 110 valence electrons. The van der Waals surface area contributed by atoms with Crippen LogP contribution < -0.4 is 10.2 Å². The second-order valence-corrected chi connectivity index (χ2v) is 5.59. The highest BCUT2D eigenvalue weighted by Gasteiger charge is 2.03. The van der Waals surface area contributed by atoms with Gasteiger partial charge in [0.25, 0.3) is 0 Å². The zero-order valence-corrected chi connectivity index (χ0v) is 13.4. The van der Waals surface area contributed by atoms with Crippen LogP contribution in [0.5, 0.6) is 5.75 Å². The third-order valence-electron chi connectivity index (χ3n) is 2.57. The van der Waals surface area contributed by atoms with Crippen molar-refractivity contribution >= 4 is 27.8 Å². The fourth-order valence-corrected chi connectivity index (χ4v) is 2.14. The molecule has 0 aliphatic carbocycles. The predicted molar refractivity (Wildman–Crippen MR) is 87.5 cm³/mol. The lowest BCUT2D eigenvalue weighted by Gasteiger charge is -2.11.